The zero-order valence-corrected chi connectivity index (χ0v) is 13.5. The first kappa shape index (κ1) is 15.2. The molecule has 2 rings (SSSR count). The van der Waals surface area contributed by atoms with Crippen molar-refractivity contribution in [2.24, 2.45) is 0 Å². The lowest BCUT2D eigenvalue weighted by Crippen LogP contribution is -2.34. The van der Waals surface area contributed by atoms with Crippen molar-refractivity contribution in [2.75, 3.05) is 20.6 Å². The highest BCUT2D eigenvalue weighted by Gasteiger charge is 2.16. The van der Waals surface area contributed by atoms with Crippen LogP contribution >= 0.6 is 22.7 Å². The Kier molecular flexibility index (Phi) is 5.76. The van der Waals surface area contributed by atoms with E-state index in [9.17, 15) is 4.79 Å². The Morgan fingerprint density at radius 1 is 1.25 bits per heavy atom. The van der Waals surface area contributed by atoms with Crippen LogP contribution in [0.25, 0.3) is 0 Å². The van der Waals surface area contributed by atoms with Crippen LogP contribution in [-0.2, 0) is 11.2 Å². The van der Waals surface area contributed by atoms with Crippen molar-refractivity contribution >= 4 is 28.6 Å². The molecular weight excluding hydrogens is 288 g/mol. The number of carbonyl (C=O) groups excluding carboxylic acids is 1. The molecule has 1 amide bonds. The predicted molar refractivity (Wildman–Crippen MR) is 86.4 cm³/mol. The van der Waals surface area contributed by atoms with Crippen LogP contribution in [0.3, 0.4) is 0 Å². The van der Waals surface area contributed by atoms with Gasteiger partial charge >= 0.3 is 0 Å². The van der Waals surface area contributed by atoms with E-state index in [1.54, 1.807) is 22.7 Å². The van der Waals surface area contributed by atoms with Gasteiger partial charge in [0.2, 0.25) is 5.91 Å². The van der Waals surface area contributed by atoms with Crippen molar-refractivity contribution in [3.8, 4) is 0 Å². The Bertz CT molecular complexity index is 506. The van der Waals surface area contributed by atoms with Gasteiger partial charge in [-0.05, 0) is 43.4 Å². The quantitative estimate of drug-likeness (QED) is 0.852. The number of thiophene rings is 2. The normalized spacial score (nSPS) is 12.6. The molecule has 0 fully saturated rings. The molecule has 2 heterocycles. The number of carbonyl (C=O) groups is 1. The molecule has 0 aliphatic carbocycles. The van der Waals surface area contributed by atoms with Gasteiger partial charge in [0, 0.05) is 22.7 Å². The summed E-state index contributed by atoms with van der Waals surface area (Å²) in [5, 5.41) is 7.17. The second-order valence-electron chi connectivity index (χ2n) is 4.88. The minimum absolute atomic E-state index is 0.127. The van der Waals surface area contributed by atoms with Crippen LogP contribution < -0.4 is 5.32 Å². The molecule has 0 radical (unpaired) electrons. The topological polar surface area (TPSA) is 32.3 Å². The number of likely N-dealkylation sites (N-methyl/N-ethyl adjacent to an activating group) is 1. The molecule has 1 unspecified atom stereocenters. The second kappa shape index (κ2) is 7.57. The van der Waals surface area contributed by atoms with E-state index in [1.807, 2.05) is 25.5 Å². The van der Waals surface area contributed by atoms with Crippen molar-refractivity contribution < 1.29 is 4.79 Å². The Morgan fingerprint density at radius 3 is 2.60 bits per heavy atom. The summed E-state index contributed by atoms with van der Waals surface area (Å²) in [6.45, 7) is 0.663. The zero-order chi connectivity index (χ0) is 14.4. The molecule has 2 aromatic heterocycles. The Labute approximate surface area is 128 Å². The fourth-order valence-electron chi connectivity index (χ4n) is 2.01. The molecule has 0 bridgehead atoms. The monoisotopic (exact) mass is 308 g/mol. The molecule has 3 nitrogen and oxygen atoms in total. The minimum Gasteiger partial charge on any atom is -0.354 e. The maximum Gasteiger partial charge on any atom is 0.220 e. The van der Waals surface area contributed by atoms with E-state index in [4.69, 9.17) is 0 Å². The summed E-state index contributed by atoms with van der Waals surface area (Å²) in [7, 11) is 4.09. The first-order chi connectivity index (χ1) is 9.66. The lowest BCUT2D eigenvalue weighted by Gasteiger charge is -2.23. The molecular formula is C15H20N2OS2. The maximum absolute atomic E-state index is 11.9. The fourth-order valence-corrected chi connectivity index (χ4v) is 3.64. The molecule has 1 N–H and O–H groups in total. The summed E-state index contributed by atoms with van der Waals surface area (Å²) >= 11 is 3.44. The molecule has 0 aromatic carbocycles. The third kappa shape index (κ3) is 4.44. The van der Waals surface area contributed by atoms with Crippen molar-refractivity contribution in [1.29, 1.82) is 0 Å². The Hall–Kier alpha value is -1.17. The van der Waals surface area contributed by atoms with E-state index in [2.05, 4.69) is 33.8 Å². The molecule has 0 spiro atoms. The molecule has 0 aliphatic rings. The summed E-state index contributed by atoms with van der Waals surface area (Å²) in [4.78, 5) is 16.6. The Morgan fingerprint density at radius 2 is 2.00 bits per heavy atom. The van der Waals surface area contributed by atoms with Crippen LogP contribution in [0.4, 0.5) is 0 Å². The van der Waals surface area contributed by atoms with Crippen LogP contribution in [0.1, 0.15) is 22.2 Å². The lowest BCUT2D eigenvalue weighted by atomic mass is 10.2. The highest BCUT2D eigenvalue weighted by Crippen LogP contribution is 2.22. The zero-order valence-electron chi connectivity index (χ0n) is 11.8. The highest BCUT2D eigenvalue weighted by molar-refractivity contribution is 7.10. The summed E-state index contributed by atoms with van der Waals surface area (Å²) in [6, 6.07) is 8.52. The first-order valence-electron chi connectivity index (χ1n) is 6.65. The van der Waals surface area contributed by atoms with E-state index in [-0.39, 0.29) is 11.9 Å². The molecule has 0 aliphatic heterocycles. The molecule has 1 atom stereocenters. The largest absolute Gasteiger partial charge is 0.354 e. The predicted octanol–water partition coefficient (Wildman–Crippen LogP) is 3.16. The molecule has 0 saturated carbocycles. The van der Waals surface area contributed by atoms with Crippen LogP contribution in [0.5, 0.6) is 0 Å². The summed E-state index contributed by atoms with van der Waals surface area (Å²) in [5.74, 6) is 0.127. The summed E-state index contributed by atoms with van der Waals surface area (Å²) < 4.78 is 0. The summed E-state index contributed by atoms with van der Waals surface area (Å²) in [6.07, 6.45) is 1.39. The Balaban J connectivity index is 1.79. The number of hydrogen-bond acceptors (Lipinski definition) is 4. The maximum atomic E-state index is 11.9. The van der Waals surface area contributed by atoms with Crippen molar-refractivity contribution in [1.82, 2.24) is 10.2 Å². The van der Waals surface area contributed by atoms with E-state index in [1.165, 1.54) is 9.75 Å². The second-order valence-corrected chi connectivity index (χ2v) is 6.89. The van der Waals surface area contributed by atoms with Crippen LogP contribution in [0, 0.1) is 0 Å². The van der Waals surface area contributed by atoms with Gasteiger partial charge in [-0.25, -0.2) is 0 Å². The number of nitrogens with one attached hydrogen (secondary N) is 1. The fraction of sp³-hybridized carbons (Fsp3) is 0.400. The van der Waals surface area contributed by atoms with Crippen LogP contribution in [0.15, 0.2) is 35.0 Å². The number of nitrogens with zero attached hydrogens (tertiary/aromatic N) is 1. The lowest BCUT2D eigenvalue weighted by molar-refractivity contribution is -0.121. The number of rotatable bonds is 7. The molecule has 20 heavy (non-hydrogen) atoms. The van der Waals surface area contributed by atoms with E-state index in [0.29, 0.717) is 13.0 Å². The van der Waals surface area contributed by atoms with Crippen molar-refractivity contribution in [2.45, 2.75) is 18.9 Å². The van der Waals surface area contributed by atoms with Crippen LogP contribution in [-0.4, -0.2) is 31.4 Å². The minimum atomic E-state index is 0.127. The van der Waals surface area contributed by atoms with Gasteiger partial charge in [-0.1, -0.05) is 12.1 Å². The van der Waals surface area contributed by atoms with Gasteiger partial charge in [-0.3, -0.25) is 4.79 Å². The third-order valence-electron chi connectivity index (χ3n) is 3.17. The van der Waals surface area contributed by atoms with E-state index in [0.717, 1.165) is 6.42 Å². The average Bonchev–Trinajstić information content (AvgIpc) is 3.09. The number of hydrogen-bond donors (Lipinski definition) is 1. The van der Waals surface area contributed by atoms with Crippen molar-refractivity contribution in [3.05, 3.63) is 44.8 Å². The van der Waals surface area contributed by atoms with Gasteiger partial charge in [-0.2, -0.15) is 0 Å². The van der Waals surface area contributed by atoms with Gasteiger partial charge in [-0.15, -0.1) is 22.7 Å². The van der Waals surface area contributed by atoms with Crippen LogP contribution in [0.2, 0.25) is 0 Å². The standard InChI is InChI=1S/C15H20N2OS2/c1-17(2)13(14-6-4-10-20-14)11-16-15(18)8-7-12-5-3-9-19-12/h3-6,9-10,13H,7-8,11H2,1-2H3,(H,16,18). The van der Waals surface area contributed by atoms with Gasteiger partial charge in [0.05, 0.1) is 6.04 Å². The van der Waals surface area contributed by atoms with Gasteiger partial charge in [0.1, 0.15) is 0 Å². The van der Waals surface area contributed by atoms with Gasteiger partial charge in [0.15, 0.2) is 0 Å². The number of amides is 1. The first-order valence-corrected chi connectivity index (χ1v) is 8.41. The smallest absolute Gasteiger partial charge is 0.220 e. The number of aryl methyl sites for hydroxylation is 1. The van der Waals surface area contributed by atoms with E-state index < -0.39 is 0 Å². The average molecular weight is 308 g/mol. The highest BCUT2D eigenvalue weighted by atomic mass is 32.1. The molecule has 5 heteroatoms. The SMILES string of the molecule is CN(C)C(CNC(=O)CCc1cccs1)c1cccs1. The molecule has 2 aromatic rings. The third-order valence-corrected chi connectivity index (χ3v) is 5.08. The van der Waals surface area contributed by atoms with Gasteiger partial charge < -0.3 is 10.2 Å². The van der Waals surface area contributed by atoms with Crippen molar-refractivity contribution in [3.63, 3.8) is 0 Å². The molecule has 108 valence electrons. The molecule has 0 saturated heterocycles. The van der Waals surface area contributed by atoms with E-state index >= 15 is 0 Å². The van der Waals surface area contributed by atoms with Gasteiger partial charge in [0.25, 0.3) is 0 Å². The summed E-state index contributed by atoms with van der Waals surface area (Å²) in [5.41, 5.74) is 0.